The van der Waals surface area contributed by atoms with E-state index in [0.29, 0.717) is 23.3 Å². The van der Waals surface area contributed by atoms with Gasteiger partial charge in [0.2, 0.25) is 0 Å². The Kier molecular flexibility index (Phi) is 3.49. The molecular weight excluding hydrogens is 386 g/mol. The fourth-order valence-electron chi connectivity index (χ4n) is 2.75. The highest BCUT2D eigenvalue weighted by Gasteiger charge is 2.45. The number of fused-ring (bicyclic) bond motifs is 1. The van der Waals surface area contributed by atoms with Gasteiger partial charge in [0.25, 0.3) is 0 Å². The molecule has 1 aliphatic carbocycles. The van der Waals surface area contributed by atoms with Crippen LogP contribution in [0.3, 0.4) is 0 Å². The van der Waals surface area contributed by atoms with Crippen molar-refractivity contribution in [2.24, 2.45) is 5.41 Å². The largest absolute Gasteiger partial charge is 0.450 e. The van der Waals surface area contributed by atoms with Gasteiger partial charge in [0.1, 0.15) is 11.9 Å². The SMILES string of the molecule is N#CC1(C(O)c2cc(Br)c(Br)o2)Cc2ccccc2C1. The fourth-order valence-corrected chi connectivity index (χ4v) is 3.36. The summed E-state index contributed by atoms with van der Waals surface area (Å²) in [6.45, 7) is 0. The van der Waals surface area contributed by atoms with Crippen LogP contribution in [0.15, 0.2) is 43.9 Å². The zero-order chi connectivity index (χ0) is 14.3. The lowest BCUT2D eigenvalue weighted by atomic mass is 9.79. The van der Waals surface area contributed by atoms with Crippen molar-refractivity contribution in [2.75, 3.05) is 0 Å². The highest BCUT2D eigenvalue weighted by Crippen LogP contribution is 2.46. The molecule has 0 amide bonds. The summed E-state index contributed by atoms with van der Waals surface area (Å²) in [5, 5.41) is 20.2. The zero-order valence-corrected chi connectivity index (χ0v) is 13.6. The molecule has 102 valence electrons. The van der Waals surface area contributed by atoms with E-state index in [9.17, 15) is 10.4 Å². The monoisotopic (exact) mass is 395 g/mol. The molecule has 1 atom stereocenters. The van der Waals surface area contributed by atoms with Gasteiger partial charge in [-0.2, -0.15) is 5.26 Å². The summed E-state index contributed by atoms with van der Waals surface area (Å²) >= 11 is 6.58. The third-order valence-electron chi connectivity index (χ3n) is 3.81. The van der Waals surface area contributed by atoms with E-state index in [-0.39, 0.29) is 0 Å². The number of nitrogens with zero attached hydrogens (tertiary/aromatic N) is 1. The average molecular weight is 397 g/mol. The summed E-state index contributed by atoms with van der Waals surface area (Å²) in [7, 11) is 0. The second-order valence-corrected chi connectivity index (χ2v) is 6.64. The molecule has 0 saturated carbocycles. The smallest absolute Gasteiger partial charge is 0.183 e. The lowest BCUT2D eigenvalue weighted by Gasteiger charge is -2.25. The summed E-state index contributed by atoms with van der Waals surface area (Å²) in [5.41, 5.74) is 1.39. The molecule has 0 aliphatic heterocycles. The van der Waals surface area contributed by atoms with Crippen LogP contribution in [0, 0.1) is 16.7 Å². The van der Waals surface area contributed by atoms with Gasteiger partial charge in [0.15, 0.2) is 4.67 Å². The van der Waals surface area contributed by atoms with E-state index in [2.05, 4.69) is 37.9 Å². The van der Waals surface area contributed by atoms with E-state index in [1.54, 1.807) is 6.07 Å². The van der Waals surface area contributed by atoms with E-state index in [0.717, 1.165) is 15.6 Å². The topological polar surface area (TPSA) is 57.2 Å². The number of halogens is 2. The second-order valence-electron chi connectivity index (χ2n) is 5.06. The van der Waals surface area contributed by atoms with Gasteiger partial charge in [0, 0.05) is 0 Å². The molecule has 0 bridgehead atoms. The Morgan fingerprint density at radius 1 is 1.25 bits per heavy atom. The molecule has 1 heterocycles. The van der Waals surface area contributed by atoms with Crippen molar-refractivity contribution in [3.05, 3.63) is 56.4 Å². The molecule has 0 saturated heterocycles. The van der Waals surface area contributed by atoms with Crippen LogP contribution < -0.4 is 0 Å². The van der Waals surface area contributed by atoms with Gasteiger partial charge in [-0.05, 0) is 61.9 Å². The van der Waals surface area contributed by atoms with Crippen LogP contribution >= 0.6 is 31.9 Å². The van der Waals surface area contributed by atoms with Gasteiger partial charge in [-0.15, -0.1) is 0 Å². The van der Waals surface area contributed by atoms with Gasteiger partial charge in [-0.3, -0.25) is 0 Å². The summed E-state index contributed by atoms with van der Waals surface area (Å²) in [5.74, 6) is 0.401. The molecular formula is C15H11Br2NO2. The lowest BCUT2D eigenvalue weighted by molar-refractivity contribution is 0.0490. The first kappa shape index (κ1) is 13.9. The molecule has 20 heavy (non-hydrogen) atoms. The fraction of sp³-hybridized carbons (Fsp3) is 0.267. The van der Waals surface area contributed by atoms with Crippen molar-refractivity contribution < 1.29 is 9.52 Å². The summed E-state index contributed by atoms with van der Waals surface area (Å²) < 4.78 is 6.74. The Morgan fingerprint density at radius 2 is 1.85 bits per heavy atom. The molecule has 1 N–H and O–H groups in total. The first-order chi connectivity index (χ1) is 9.55. The number of rotatable bonds is 2. The van der Waals surface area contributed by atoms with Gasteiger partial charge >= 0.3 is 0 Å². The molecule has 3 rings (SSSR count). The maximum Gasteiger partial charge on any atom is 0.183 e. The first-order valence-corrected chi connectivity index (χ1v) is 7.75. The maximum absolute atomic E-state index is 10.6. The number of furan rings is 1. The van der Waals surface area contributed by atoms with E-state index in [1.807, 2.05) is 24.3 Å². The maximum atomic E-state index is 10.6. The van der Waals surface area contributed by atoms with Crippen LogP contribution in [-0.4, -0.2) is 5.11 Å². The third-order valence-corrected chi connectivity index (χ3v) is 5.52. The normalized spacial score (nSPS) is 17.5. The molecule has 1 unspecified atom stereocenters. The van der Waals surface area contributed by atoms with Crippen LogP contribution in [0.4, 0.5) is 0 Å². The minimum absolute atomic E-state index is 0.401. The van der Waals surface area contributed by atoms with Crippen molar-refractivity contribution in [1.29, 1.82) is 5.26 Å². The van der Waals surface area contributed by atoms with Gasteiger partial charge in [-0.25, -0.2) is 0 Å². The van der Waals surface area contributed by atoms with Gasteiger partial charge in [-0.1, -0.05) is 24.3 Å². The summed E-state index contributed by atoms with van der Waals surface area (Å²) in [4.78, 5) is 0. The highest BCUT2D eigenvalue weighted by molar-refractivity contribution is 9.13. The standard InChI is InChI=1S/C15H11Br2NO2/c16-11-5-12(20-14(11)17)13(19)15(8-18)6-9-3-1-2-4-10(9)7-15/h1-5,13,19H,6-7H2. The highest BCUT2D eigenvalue weighted by atomic mass is 79.9. The number of hydrogen-bond donors (Lipinski definition) is 1. The predicted molar refractivity (Wildman–Crippen MR) is 81.0 cm³/mol. The number of aliphatic hydroxyl groups excluding tert-OH is 1. The third kappa shape index (κ3) is 2.12. The number of aliphatic hydroxyl groups is 1. The molecule has 0 radical (unpaired) electrons. The minimum atomic E-state index is -0.956. The van der Waals surface area contributed by atoms with Gasteiger partial charge < -0.3 is 9.52 Å². The predicted octanol–water partition coefficient (Wildman–Crippen LogP) is 4.15. The summed E-state index contributed by atoms with van der Waals surface area (Å²) in [6, 6.07) is 11.9. The van der Waals surface area contributed by atoms with Crippen molar-refractivity contribution in [1.82, 2.24) is 0 Å². The lowest BCUT2D eigenvalue weighted by Crippen LogP contribution is -2.28. The van der Waals surface area contributed by atoms with E-state index in [1.165, 1.54) is 0 Å². The van der Waals surface area contributed by atoms with E-state index in [4.69, 9.17) is 4.42 Å². The molecule has 0 fully saturated rings. The van der Waals surface area contributed by atoms with Crippen LogP contribution in [0.1, 0.15) is 23.0 Å². The number of hydrogen-bond acceptors (Lipinski definition) is 3. The van der Waals surface area contributed by atoms with E-state index < -0.39 is 11.5 Å². The quantitative estimate of drug-likeness (QED) is 0.829. The Morgan fingerprint density at radius 3 is 2.30 bits per heavy atom. The second kappa shape index (κ2) is 5.03. The molecule has 1 aliphatic rings. The number of benzene rings is 1. The molecule has 1 aromatic carbocycles. The molecule has 1 aromatic heterocycles. The summed E-state index contributed by atoms with van der Waals surface area (Å²) in [6.07, 6.45) is 0.121. The Bertz CT molecular complexity index is 658. The van der Waals surface area contributed by atoms with Crippen LogP contribution in [-0.2, 0) is 12.8 Å². The van der Waals surface area contributed by atoms with Crippen molar-refractivity contribution in [3.63, 3.8) is 0 Å². The van der Waals surface area contributed by atoms with Crippen LogP contribution in [0.5, 0.6) is 0 Å². The van der Waals surface area contributed by atoms with Crippen molar-refractivity contribution in [3.8, 4) is 6.07 Å². The van der Waals surface area contributed by atoms with Crippen LogP contribution in [0.2, 0.25) is 0 Å². The zero-order valence-electron chi connectivity index (χ0n) is 10.4. The van der Waals surface area contributed by atoms with E-state index >= 15 is 0 Å². The molecule has 2 aromatic rings. The Balaban J connectivity index is 1.98. The Labute approximate surface area is 133 Å². The Hall–Kier alpha value is -1.09. The first-order valence-electron chi connectivity index (χ1n) is 6.16. The van der Waals surface area contributed by atoms with Crippen LogP contribution in [0.25, 0.3) is 0 Å². The van der Waals surface area contributed by atoms with Gasteiger partial charge in [0.05, 0.1) is 16.0 Å². The number of nitriles is 1. The minimum Gasteiger partial charge on any atom is -0.450 e. The van der Waals surface area contributed by atoms with Crippen molar-refractivity contribution >= 4 is 31.9 Å². The molecule has 3 nitrogen and oxygen atoms in total. The van der Waals surface area contributed by atoms with Crippen molar-refractivity contribution in [2.45, 2.75) is 18.9 Å². The molecule has 0 spiro atoms. The average Bonchev–Trinajstić information content (AvgIpc) is 2.99. The molecule has 5 heteroatoms.